The van der Waals surface area contributed by atoms with Crippen molar-refractivity contribution in [1.29, 1.82) is 0 Å². The van der Waals surface area contributed by atoms with Gasteiger partial charge >= 0.3 is 6.03 Å². The number of rotatable bonds is 4. The highest BCUT2D eigenvalue weighted by atomic mass is 16.3. The van der Waals surface area contributed by atoms with Gasteiger partial charge in [0.05, 0.1) is 18.2 Å². The molecule has 1 fully saturated rings. The molecule has 1 aliphatic heterocycles. The van der Waals surface area contributed by atoms with Gasteiger partial charge in [0.2, 0.25) is 0 Å². The van der Waals surface area contributed by atoms with E-state index in [9.17, 15) is 9.59 Å². The quantitative estimate of drug-likeness (QED) is 0.912. The van der Waals surface area contributed by atoms with Gasteiger partial charge in [-0.05, 0) is 19.4 Å². The summed E-state index contributed by atoms with van der Waals surface area (Å²) in [5, 5.41) is 2.96. The predicted molar refractivity (Wildman–Crippen MR) is 91.1 cm³/mol. The molecule has 25 heavy (non-hydrogen) atoms. The van der Waals surface area contributed by atoms with Gasteiger partial charge in [-0.2, -0.15) is 0 Å². The van der Waals surface area contributed by atoms with Gasteiger partial charge < -0.3 is 24.1 Å². The minimum Gasteiger partial charge on any atom is -0.472 e. The summed E-state index contributed by atoms with van der Waals surface area (Å²) in [6, 6.07) is 1.71. The van der Waals surface area contributed by atoms with Crippen LogP contribution in [-0.4, -0.2) is 64.0 Å². The average molecular weight is 345 g/mol. The molecule has 1 N–H and O–H groups in total. The lowest BCUT2D eigenvalue weighted by Crippen LogP contribution is -2.43. The van der Waals surface area contributed by atoms with E-state index in [4.69, 9.17) is 4.42 Å². The Kier molecular flexibility index (Phi) is 5.37. The Bertz CT molecular complexity index is 683. The number of carbonyl (C=O) groups excluding carboxylic acids is 2. The summed E-state index contributed by atoms with van der Waals surface area (Å²) in [7, 11) is 0. The molecule has 3 heterocycles. The van der Waals surface area contributed by atoms with Crippen LogP contribution in [0.15, 0.2) is 41.7 Å². The van der Waals surface area contributed by atoms with Crippen LogP contribution >= 0.6 is 0 Å². The molecule has 134 valence electrons. The largest absolute Gasteiger partial charge is 0.472 e. The topological polar surface area (TPSA) is 83.6 Å². The van der Waals surface area contributed by atoms with Crippen molar-refractivity contribution in [2.75, 3.05) is 32.7 Å². The van der Waals surface area contributed by atoms with Crippen LogP contribution < -0.4 is 5.32 Å². The maximum atomic E-state index is 12.4. The monoisotopic (exact) mass is 345 g/mol. The van der Waals surface area contributed by atoms with Gasteiger partial charge in [-0.1, -0.05) is 0 Å². The van der Waals surface area contributed by atoms with Crippen LogP contribution in [-0.2, 0) is 0 Å². The van der Waals surface area contributed by atoms with Crippen LogP contribution in [0.4, 0.5) is 4.79 Å². The number of hydrogen-bond donors (Lipinski definition) is 1. The maximum absolute atomic E-state index is 12.4. The third kappa shape index (κ3) is 4.20. The van der Waals surface area contributed by atoms with E-state index < -0.39 is 0 Å². The van der Waals surface area contributed by atoms with E-state index in [2.05, 4.69) is 10.3 Å². The van der Waals surface area contributed by atoms with Crippen molar-refractivity contribution in [2.24, 2.45) is 0 Å². The van der Waals surface area contributed by atoms with Crippen LogP contribution in [0.1, 0.15) is 29.7 Å². The molecular weight excluding hydrogens is 322 g/mol. The lowest BCUT2D eigenvalue weighted by Gasteiger charge is -2.23. The second-order valence-corrected chi connectivity index (χ2v) is 6.19. The average Bonchev–Trinajstić information content (AvgIpc) is 3.29. The normalized spacial score (nSPS) is 16.4. The Balaban J connectivity index is 1.49. The summed E-state index contributed by atoms with van der Waals surface area (Å²) in [6.07, 6.45) is 9.04. The highest BCUT2D eigenvalue weighted by Crippen LogP contribution is 2.10. The molecule has 8 heteroatoms. The second-order valence-electron chi connectivity index (χ2n) is 6.19. The molecule has 0 aliphatic carbocycles. The number of amides is 3. The third-order valence-corrected chi connectivity index (χ3v) is 4.42. The van der Waals surface area contributed by atoms with E-state index in [-0.39, 0.29) is 18.0 Å². The van der Waals surface area contributed by atoms with E-state index in [0.717, 1.165) is 6.42 Å². The van der Waals surface area contributed by atoms with Crippen LogP contribution in [0.3, 0.4) is 0 Å². The van der Waals surface area contributed by atoms with Crippen molar-refractivity contribution >= 4 is 11.9 Å². The van der Waals surface area contributed by atoms with E-state index >= 15 is 0 Å². The number of carbonyl (C=O) groups is 2. The van der Waals surface area contributed by atoms with Crippen molar-refractivity contribution < 1.29 is 14.0 Å². The molecule has 0 saturated carbocycles. The first kappa shape index (κ1) is 17.1. The van der Waals surface area contributed by atoms with E-state index in [1.807, 2.05) is 17.7 Å². The first-order valence-electron chi connectivity index (χ1n) is 8.47. The van der Waals surface area contributed by atoms with Gasteiger partial charge in [-0.3, -0.25) is 4.79 Å². The molecule has 3 amide bonds. The first-order valence-corrected chi connectivity index (χ1v) is 8.47. The number of urea groups is 1. The van der Waals surface area contributed by atoms with E-state index in [0.29, 0.717) is 38.3 Å². The third-order valence-electron chi connectivity index (χ3n) is 4.42. The van der Waals surface area contributed by atoms with Crippen LogP contribution in [0.2, 0.25) is 0 Å². The van der Waals surface area contributed by atoms with Gasteiger partial charge in [0.15, 0.2) is 0 Å². The Hall–Kier alpha value is -2.77. The number of aromatic nitrogens is 2. The zero-order valence-electron chi connectivity index (χ0n) is 14.3. The van der Waals surface area contributed by atoms with Gasteiger partial charge in [-0.15, -0.1) is 0 Å². The summed E-state index contributed by atoms with van der Waals surface area (Å²) < 4.78 is 6.93. The zero-order valence-corrected chi connectivity index (χ0v) is 14.3. The minimum atomic E-state index is -0.0930. The summed E-state index contributed by atoms with van der Waals surface area (Å²) in [4.78, 5) is 32.3. The lowest BCUT2D eigenvalue weighted by atomic mass is 10.3. The van der Waals surface area contributed by atoms with Crippen molar-refractivity contribution in [3.63, 3.8) is 0 Å². The molecule has 0 aromatic carbocycles. The van der Waals surface area contributed by atoms with Crippen molar-refractivity contribution in [2.45, 2.75) is 19.4 Å². The van der Waals surface area contributed by atoms with Crippen LogP contribution in [0.25, 0.3) is 0 Å². The van der Waals surface area contributed by atoms with E-state index in [1.54, 1.807) is 28.4 Å². The highest BCUT2D eigenvalue weighted by Gasteiger charge is 2.23. The standard InChI is InChI=1S/C17H23N5O3/c1-14(22-7-4-18-13-22)11-19-17(24)21-6-2-5-20(8-9-21)16(23)15-3-10-25-12-15/h3-4,7,10,12-14H,2,5-6,8-9,11H2,1H3,(H,19,24)/t14-/m1/s1. The Morgan fingerprint density at radius 3 is 2.80 bits per heavy atom. The van der Waals surface area contributed by atoms with Crippen LogP contribution in [0, 0.1) is 0 Å². The summed E-state index contributed by atoms with van der Waals surface area (Å²) in [5.74, 6) is -0.0512. The number of nitrogens with zero attached hydrogens (tertiary/aromatic N) is 4. The van der Waals surface area contributed by atoms with Gasteiger partial charge in [0, 0.05) is 51.2 Å². The molecule has 2 aromatic rings. The molecular formula is C17H23N5O3. The van der Waals surface area contributed by atoms with Crippen LogP contribution in [0.5, 0.6) is 0 Å². The molecule has 0 bridgehead atoms. The molecule has 1 saturated heterocycles. The lowest BCUT2D eigenvalue weighted by molar-refractivity contribution is 0.0761. The molecule has 0 unspecified atom stereocenters. The highest BCUT2D eigenvalue weighted by molar-refractivity contribution is 5.93. The predicted octanol–water partition coefficient (Wildman–Crippen LogP) is 1.59. The fourth-order valence-corrected chi connectivity index (χ4v) is 2.87. The van der Waals surface area contributed by atoms with Crippen molar-refractivity contribution in [3.05, 3.63) is 42.9 Å². The molecule has 3 rings (SSSR count). The zero-order chi connectivity index (χ0) is 17.6. The Morgan fingerprint density at radius 1 is 1.28 bits per heavy atom. The first-order chi connectivity index (χ1) is 12.1. The molecule has 0 radical (unpaired) electrons. The molecule has 8 nitrogen and oxygen atoms in total. The second kappa shape index (κ2) is 7.87. The molecule has 1 aliphatic rings. The fourth-order valence-electron chi connectivity index (χ4n) is 2.87. The molecule has 0 spiro atoms. The number of hydrogen-bond acceptors (Lipinski definition) is 4. The Morgan fingerprint density at radius 2 is 2.08 bits per heavy atom. The molecule has 2 aromatic heterocycles. The SMILES string of the molecule is C[C@H](CNC(=O)N1CCCN(C(=O)c2ccoc2)CC1)n1ccnc1. The summed E-state index contributed by atoms with van der Waals surface area (Å²) in [6.45, 7) is 4.88. The molecule has 1 atom stereocenters. The number of furan rings is 1. The summed E-state index contributed by atoms with van der Waals surface area (Å²) >= 11 is 0. The number of nitrogens with one attached hydrogen (secondary N) is 1. The van der Waals surface area contributed by atoms with Crippen molar-refractivity contribution in [1.82, 2.24) is 24.7 Å². The Labute approximate surface area is 146 Å². The summed E-state index contributed by atoms with van der Waals surface area (Å²) in [5.41, 5.74) is 0.548. The fraction of sp³-hybridized carbons (Fsp3) is 0.471. The van der Waals surface area contributed by atoms with Gasteiger partial charge in [-0.25, -0.2) is 9.78 Å². The van der Waals surface area contributed by atoms with E-state index in [1.165, 1.54) is 12.5 Å². The maximum Gasteiger partial charge on any atom is 0.317 e. The minimum absolute atomic E-state index is 0.0512. The smallest absolute Gasteiger partial charge is 0.317 e. The number of imidazole rings is 1. The van der Waals surface area contributed by atoms with Crippen molar-refractivity contribution in [3.8, 4) is 0 Å². The van der Waals surface area contributed by atoms with Gasteiger partial charge in [0.25, 0.3) is 5.91 Å². The van der Waals surface area contributed by atoms with Gasteiger partial charge in [0.1, 0.15) is 6.26 Å².